The van der Waals surface area contributed by atoms with Gasteiger partial charge in [0.2, 0.25) is 5.88 Å². The van der Waals surface area contributed by atoms with Crippen LogP contribution in [0.5, 0.6) is 5.88 Å². The van der Waals surface area contributed by atoms with E-state index in [1.165, 1.54) is 12.1 Å². The Balaban J connectivity index is 1.26. The molecule has 42 heavy (non-hydrogen) atoms. The van der Waals surface area contributed by atoms with Gasteiger partial charge in [-0.05, 0) is 102 Å². The Hall–Kier alpha value is -3.30. The molecule has 7 nitrogen and oxygen atoms in total. The molecule has 0 radical (unpaired) electrons. The van der Waals surface area contributed by atoms with E-state index in [0.717, 1.165) is 50.5 Å². The van der Waals surface area contributed by atoms with E-state index < -0.39 is 17.3 Å². The number of aromatic nitrogens is 1. The van der Waals surface area contributed by atoms with Gasteiger partial charge < -0.3 is 19.7 Å². The number of nitrogens with one attached hydrogen (secondary N) is 1. The molecule has 2 atom stereocenters. The number of hydrogen-bond acceptors (Lipinski definition) is 5. The number of hydrogen-bond donors (Lipinski definition) is 1. The van der Waals surface area contributed by atoms with Crippen molar-refractivity contribution >= 4 is 12.0 Å². The summed E-state index contributed by atoms with van der Waals surface area (Å²) in [6, 6.07) is 8.87. The highest BCUT2D eigenvalue weighted by atomic mass is 19.4. The summed E-state index contributed by atoms with van der Waals surface area (Å²) in [5, 5.41) is 3.07. The Kier molecular flexibility index (Phi) is 10.4. The second-order valence-electron chi connectivity index (χ2n) is 12.4. The van der Waals surface area contributed by atoms with E-state index in [1.807, 2.05) is 20.8 Å². The molecule has 4 rings (SSSR count). The third kappa shape index (κ3) is 9.36. The first-order valence-corrected chi connectivity index (χ1v) is 15.0. The van der Waals surface area contributed by atoms with E-state index in [1.54, 1.807) is 35.4 Å². The van der Waals surface area contributed by atoms with Gasteiger partial charge in [-0.1, -0.05) is 18.6 Å². The summed E-state index contributed by atoms with van der Waals surface area (Å²) >= 11 is 0. The maximum Gasteiger partial charge on any atom is 0.416 e. The quantitative estimate of drug-likeness (QED) is 0.391. The maximum atomic E-state index is 13.0. The van der Waals surface area contributed by atoms with Gasteiger partial charge in [-0.3, -0.25) is 4.79 Å². The minimum atomic E-state index is -4.32. The largest absolute Gasteiger partial charge is 0.474 e. The highest BCUT2D eigenvalue weighted by Gasteiger charge is 2.31. The van der Waals surface area contributed by atoms with E-state index in [-0.39, 0.29) is 30.1 Å². The van der Waals surface area contributed by atoms with Gasteiger partial charge in [-0.25, -0.2) is 9.78 Å². The van der Waals surface area contributed by atoms with Crippen LogP contribution in [0.15, 0.2) is 42.6 Å². The molecular formula is C32H42F3N3O4. The van der Waals surface area contributed by atoms with Crippen molar-refractivity contribution in [3.63, 3.8) is 0 Å². The van der Waals surface area contributed by atoms with Crippen LogP contribution < -0.4 is 10.1 Å². The normalized spacial score (nSPS) is 21.0. The van der Waals surface area contributed by atoms with Crippen LogP contribution >= 0.6 is 0 Å². The molecular weight excluding hydrogens is 547 g/mol. The van der Waals surface area contributed by atoms with Gasteiger partial charge in [0.25, 0.3) is 5.91 Å². The lowest BCUT2D eigenvalue weighted by Crippen LogP contribution is -2.47. The summed E-state index contributed by atoms with van der Waals surface area (Å²) in [5.74, 6) is 0.435. The maximum absolute atomic E-state index is 13.0. The van der Waals surface area contributed by atoms with Gasteiger partial charge >= 0.3 is 12.3 Å². The number of nitrogens with zero attached hydrogens (tertiary/aromatic N) is 2. The highest BCUT2D eigenvalue weighted by molar-refractivity contribution is 5.94. The minimum Gasteiger partial charge on any atom is -0.474 e. The van der Waals surface area contributed by atoms with Crippen LogP contribution in [0.1, 0.15) is 106 Å². The molecule has 2 aliphatic rings. The average Bonchev–Trinajstić information content (AvgIpc) is 3.04. The Labute approximate surface area is 246 Å². The van der Waals surface area contributed by atoms with Crippen molar-refractivity contribution in [2.45, 2.75) is 108 Å². The SMILES string of the molecule is CC(C)(C)OC(=O)N1CCC(NC(=O)c2ccnc(OC3CCCCC(c4ccc(C(F)(F)F)cc4)CCC3)c2)CC1. The van der Waals surface area contributed by atoms with Gasteiger partial charge in [0.15, 0.2) is 0 Å². The fourth-order valence-corrected chi connectivity index (χ4v) is 5.63. The first kappa shape index (κ1) is 31.6. The molecule has 2 aromatic rings. The predicted molar refractivity (Wildman–Crippen MR) is 153 cm³/mol. The lowest BCUT2D eigenvalue weighted by molar-refractivity contribution is -0.137. The van der Waals surface area contributed by atoms with Crippen molar-refractivity contribution in [2.24, 2.45) is 0 Å². The van der Waals surface area contributed by atoms with Crippen molar-refractivity contribution < 1.29 is 32.2 Å². The Morgan fingerprint density at radius 3 is 2.21 bits per heavy atom. The minimum absolute atomic E-state index is 0.0410. The number of rotatable bonds is 5. The van der Waals surface area contributed by atoms with E-state index in [4.69, 9.17) is 9.47 Å². The van der Waals surface area contributed by atoms with Crippen molar-refractivity contribution in [1.29, 1.82) is 0 Å². The van der Waals surface area contributed by atoms with Gasteiger partial charge in [0.1, 0.15) is 11.7 Å². The van der Waals surface area contributed by atoms with Crippen molar-refractivity contribution in [3.8, 4) is 5.88 Å². The second-order valence-corrected chi connectivity index (χ2v) is 12.4. The molecule has 1 aromatic carbocycles. The molecule has 2 unspecified atom stereocenters. The molecule has 1 saturated heterocycles. The number of piperidine rings is 1. The summed E-state index contributed by atoms with van der Waals surface area (Å²) in [6.07, 6.45) is 4.46. The Bertz CT molecular complexity index is 1190. The van der Waals surface area contributed by atoms with Crippen LogP contribution in [0.2, 0.25) is 0 Å². The van der Waals surface area contributed by atoms with E-state index in [9.17, 15) is 22.8 Å². The summed E-state index contributed by atoms with van der Waals surface area (Å²) < 4.78 is 50.5. The fraction of sp³-hybridized carbons (Fsp3) is 0.594. The molecule has 2 fully saturated rings. The monoisotopic (exact) mass is 589 g/mol. The average molecular weight is 590 g/mol. The molecule has 1 aliphatic carbocycles. The molecule has 10 heteroatoms. The summed E-state index contributed by atoms with van der Waals surface area (Å²) in [4.78, 5) is 31.3. The number of carbonyl (C=O) groups is 2. The predicted octanol–water partition coefficient (Wildman–Crippen LogP) is 7.51. The van der Waals surface area contributed by atoms with Gasteiger partial charge in [0.05, 0.1) is 5.56 Å². The van der Waals surface area contributed by atoms with Crippen LogP contribution in [0.3, 0.4) is 0 Å². The zero-order valence-corrected chi connectivity index (χ0v) is 24.7. The molecule has 1 N–H and O–H groups in total. The van der Waals surface area contributed by atoms with Crippen LogP contribution in [-0.2, 0) is 10.9 Å². The standard InChI is InChI=1S/C32H42F3N3O4/c1-31(2,3)42-30(40)38-19-16-26(17-20-38)37-29(39)24-15-18-36-28(21-24)41-27-9-5-4-7-22(8-6-10-27)23-11-13-25(14-12-23)32(33,34)35/h11-15,18,21-22,26-27H,4-10,16-17,19-20H2,1-3H3,(H,37,39). The molecule has 1 aliphatic heterocycles. The first-order valence-electron chi connectivity index (χ1n) is 15.0. The van der Waals surface area contributed by atoms with E-state index in [2.05, 4.69) is 10.3 Å². The van der Waals surface area contributed by atoms with Crippen LogP contribution in [0, 0.1) is 0 Å². The number of alkyl halides is 3. The second kappa shape index (κ2) is 13.8. The zero-order valence-electron chi connectivity index (χ0n) is 24.7. The van der Waals surface area contributed by atoms with E-state index >= 15 is 0 Å². The topological polar surface area (TPSA) is 80.8 Å². The summed E-state index contributed by atoms with van der Waals surface area (Å²) in [6.45, 7) is 6.56. The summed E-state index contributed by atoms with van der Waals surface area (Å²) in [5.41, 5.74) is 0.268. The number of carbonyl (C=O) groups excluding carboxylic acids is 2. The number of halogens is 3. The number of likely N-dealkylation sites (tertiary alicyclic amines) is 1. The Morgan fingerprint density at radius 2 is 1.55 bits per heavy atom. The lowest BCUT2D eigenvalue weighted by Gasteiger charge is -2.33. The van der Waals surface area contributed by atoms with Crippen molar-refractivity contribution in [3.05, 3.63) is 59.3 Å². The molecule has 1 saturated carbocycles. The molecule has 2 amide bonds. The molecule has 0 spiro atoms. The van der Waals surface area contributed by atoms with Crippen LogP contribution in [0.4, 0.5) is 18.0 Å². The number of ether oxygens (including phenoxy) is 2. The number of benzene rings is 1. The van der Waals surface area contributed by atoms with Crippen LogP contribution in [0.25, 0.3) is 0 Å². The van der Waals surface area contributed by atoms with Gasteiger partial charge in [0, 0.05) is 37.0 Å². The smallest absolute Gasteiger partial charge is 0.416 e. The molecule has 230 valence electrons. The third-order valence-electron chi connectivity index (χ3n) is 7.88. The Morgan fingerprint density at radius 1 is 0.905 bits per heavy atom. The van der Waals surface area contributed by atoms with Crippen molar-refractivity contribution in [1.82, 2.24) is 15.2 Å². The van der Waals surface area contributed by atoms with Gasteiger partial charge in [-0.15, -0.1) is 0 Å². The highest BCUT2D eigenvalue weighted by Crippen LogP contribution is 2.34. The zero-order chi connectivity index (χ0) is 30.3. The fourth-order valence-electron chi connectivity index (χ4n) is 5.63. The number of pyridine rings is 1. The van der Waals surface area contributed by atoms with Crippen molar-refractivity contribution in [2.75, 3.05) is 13.1 Å². The number of amides is 2. The summed E-state index contributed by atoms with van der Waals surface area (Å²) in [7, 11) is 0. The third-order valence-corrected chi connectivity index (χ3v) is 7.88. The first-order chi connectivity index (χ1) is 19.9. The van der Waals surface area contributed by atoms with Crippen LogP contribution in [-0.4, -0.2) is 52.7 Å². The molecule has 0 bridgehead atoms. The lowest BCUT2D eigenvalue weighted by atomic mass is 9.89. The van der Waals surface area contributed by atoms with Gasteiger partial charge in [-0.2, -0.15) is 13.2 Å². The van der Waals surface area contributed by atoms with E-state index in [0.29, 0.717) is 37.4 Å². The molecule has 1 aromatic heterocycles. The molecule has 2 heterocycles.